The van der Waals surface area contributed by atoms with E-state index in [0.29, 0.717) is 24.2 Å². The van der Waals surface area contributed by atoms with E-state index in [1.165, 1.54) is 12.8 Å². The molecule has 1 fully saturated rings. The van der Waals surface area contributed by atoms with Gasteiger partial charge in [0.25, 0.3) is 0 Å². The Morgan fingerprint density at radius 3 is 3.00 bits per heavy atom. The van der Waals surface area contributed by atoms with Crippen molar-refractivity contribution in [1.29, 1.82) is 0 Å². The summed E-state index contributed by atoms with van der Waals surface area (Å²) in [5.74, 6) is 2.11. The topological polar surface area (TPSA) is 78.1 Å². The van der Waals surface area contributed by atoms with Crippen LogP contribution in [0.1, 0.15) is 37.5 Å². The lowest BCUT2D eigenvalue weighted by Crippen LogP contribution is -2.25. The maximum Gasteiger partial charge on any atom is 0.230 e. The molecule has 0 bridgehead atoms. The molecule has 2 atom stereocenters. The van der Waals surface area contributed by atoms with Crippen molar-refractivity contribution in [3.8, 4) is 11.4 Å². The highest BCUT2D eigenvalue weighted by atomic mass is 16.5. The number of nitrogens with two attached hydrogens (primary N) is 1. The number of hydrogen-bond acceptors (Lipinski definition) is 5. The Kier molecular flexibility index (Phi) is 3.15. The molecule has 0 amide bonds. The standard InChI is InChI=1S/C13H17N3O2/c14-7-9-3-1-2-4-11(9)13-15-12(16-18-13)10-5-6-17-8-10/h5-6,8-9,11H,1-4,7,14H2. The van der Waals surface area contributed by atoms with Gasteiger partial charge in [-0.2, -0.15) is 4.98 Å². The van der Waals surface area contributed by atoms with Gasteiger partial charge in [-0.15, -0.1) is 0 Å². The van der Waals surface area contributed by atoms with E-state index in [0.717, 1.165) is 24.3 Å². The van der Waals surface area contributed by atoms with Gasteiger partial charge >= 0.3 is 0 Å². The first-order chi connectivity index (χ1) is 8.88. The molecule has 5 nitrogen and oxygen atoms in total. The molecule has 1 saturated carbocycles. The van der Waals surface area contributed by atoms with Crippen LogP contribution < -0.4 is 5.73 Å². The lowest BCUT2D eigenvalue weighted by molar-refractivity contribution is 0.249. The molecule has 5 heteroatoms. The minimum atomic E-state index is 0.317. The lowest BCUT2D eigenvalue weighted by atomic mass is 9.79. The summed E-state index contributed by atoms with van der Waals surface area (Å²) in [4.78, 5) is 4.48. The summed E-state index contributed by atoms with van der Waals surface area (Å²) >= 11 is 0. The van der Waals surface area contributed by atoms with Crippen molar-refractivity contribution < 1.29 is 8.94 Å². The van der Waals surface area contributed by atoms with E-state index in [-0.39, 0.29) is 0 Å². The maximum atomic E-state index is 5.83. The molecule has 1 aliphatic rings. The third-order valence-corrected chi connectivity index (χ3v) is 3.75. The van der Waals surface area contributed by atoms with Gasteiger partial charge in [0.1, 0.15) is 6.26 Å². The Balaban J connectivity index is 1.84. The average molecular weight is 247 g/mol. The summed E-state index contributed by atoms with van der Waals surface area (Å²) in [7, 11) is 0. The number of rotatable bonds is 3. The van der Waals surface area contributed by atoms with E-state index in [1.54, 1.807) is 12.5 Å². The Hall–Kier alpha value is -1.62. The van der Waals surface area contributed by atoms with Crippen molar-refractivity contribution in [1.82, 2.24) is 10.1 Å². The van der Waals surface area contributed by atoms with Crippen molar-refractivity contribution >= 4 is 0 Å². The monoisotopic (exact) mass is 247 g/mol. The molecular formula is C13H17N3O2. The second kappa shape index (κ2) is 4.94. The van der Waals surface area contributed by atoms with Crippen molar-refractivity contribution in [2.45, 2.75) is 31.6 Å². The molecule has 1 aliphatic carbocycles. The molecule has 0 aliphatic heterocycles. The van der Waals surface area contributed by atoms with Crippen molar-refractivity contribution in [2.75, 3.05) is 6.54 Å². The molecule has 2 aromatic heterocycles. The van der Waals surface area contributed by atoms with Crippen LogP contribution in [-0.4, -0.2) is 16.7 Å². The van der Waals surface area contributed by atoms with E-state index >= 15 is 0 Å². The Morgan fingerprint density at radius 2 is 2.22 bits per heavy atom. The van der Waals surface area contributed by atoms with E-state index < -0.39 is 0 Å². The zero-order valence-corrected chi connectivity index (χ0v) is 10.2. The fraction of sp³-hybridized carbons (Fsp3) is 0.538. The molecule has 0 aromatic carbocycles. The summed E-state index contributed by atoms with van der Waals surface area (Å²) in [6, 6.07) is 1.83. The van der Waals surface area contributed by atoms with Gasteiger partial charge in [-0.1, -0.05) is 18.0 Å². The molecule has 0 spiro atoms. The van der Waals surface area contributed by atoms with Gasteiger partial charge in [-0.3, -0.25) is 0 Å². The molecule has 2 aromatic rings. The molecule has 96 valence electrons. The number of furan rings is 1. The largest absolute Gasteiger partial charge is 0.472 e. The molecule has 18 heavy (non-hydrogen) atoms. The first-order valence-electron chi connectivity index (χ1n) is 6.44. The predicted octanol–water partition coefficient (Wildman–Crippen LogP) is 2.56. The highest BCUT2D eigenvalue weighted by Crippen LogP contribution is 2.36. The smallest absolute Gasteiger partial charge is 0.230 e. The van der Waals surface area contributed by atoms with Crippen LogP contribution in [0.5, 0.6) is 0 Å². The van der Waals surface area contributed by atoms with Crippen LogP contribution in [0.4, 0.5) is 0 Å². The third kappa shape index (κ3) is 2.06. The van der Waals surface area contributed by atoms with Crippen LogP contribution >= 0.6 is 0 Å². The number of hydrogen-bond donors (Lipinski definition) is 1. The quantitative estimate of drug-likeness (QED) is 0.901. The van der Waals surface area contributed by atoms with Gasteiger partial charge in [0.05, 0.1) is 11.8 Å². The molecule has 0 radical (unpaired) electrons. The first-order valence-corrected chi connectivity index (χ1v) is 6.44. The van der Waals surface area contributed by atoms with Crippen LogP contribution in [0, 0.1) is 5.92 Å². The van der Waals surface area contributed by atoms with Gasteiger partial charge in [0.2, 0.25) is 11.7 Å². The van der Waals surface area contributed by atoms with Crippen molar-refractivity contribution in [2.24, 2.45) is 11.7 Å². The highest BCUT2D eigenvalue weighted by Gasteiger charge is 2.30. The van der Waals surface area contributed by atoms with E-state index in [9.17, 15) is 0 Å². The van der Waals surface area contributed by atoms with E-state index in [1.807, 2.05) is 6.07 Å². The van der Waals surface area contributed by atoms with Crippen LogP contribution in [0.3, 0.4) is 0 Å². The average Bonchev–Trinajstić information content (AvgIpc) is 3.09. The predicted molar refractivity (Wildman–Crippen MR) is 65.8 cm³/mol. The summed E-state index contributed by atoms with van der Waals surface area (Å²) in [6.45, 7) is 0.689. The summed E-state index contributed by atoms with van der Waals surface area (Å²) < 4.78 is 10.4. The third-order valence-electron chi connectivity index (χ3n) is 3.75. The summed E-state index contributed by atoms with van der Waals surface area (Å²) in [5.41, 5.74) is 6.68. The summed E-state index contributed by atoms with van der Waals surface area (Å²) in [6.07, 6.45) is 7.94. The van der Waals surface area contributed by atoms with Crippen LogP contribution in [0.2, 0.25) is 0 Å². The van der Waals surface area contributed by atoms with Gasteiger partial charge in [-0.25, -0.2) is 0 Å². The maximum absolute atomic E-state index is 5.83. The normalized spacial score (nSPS) is 24.3. The lowest BCUT2D eigenvalue weighted by Gasteiger charge is -2.27. The zero-order valence-electron chi connectivity index (χ0n) is 10.2. The molecule has 2 unspecified atom stereocenters. The van der Waals surface area contributed by atoms with Gasteiger partial charge in [0.15, 0.2) is 0 Å². The van der Waals surface area contributed by atoms with Crippen LogP contribution in [0.15, 0.2) is 27.5 Å². The van der Waals surface area contributed by atoms with E-state index in [4.69, 9.17) is 14.7 Å². The molecule has 0 saturated heterocycles. The molecule has 2 heterocycles. The Labute approximate surface area is 105 Å². The number of aromatic nitrogens is 2. The van der Waals surface area contributed by atoms with Crippen LogP contribution in [0.25, 0.3) is 11.4 Å². The minimum Gasteiger partial charge on any atom is -0.472 e. The fourth-order valence-electron chi connectivity index (χ4n) is 2.71. The number of nitrogens with zero attached hydrogens (tertiary/aromatic N) is 2. The van der Waals surface area contributed by atoms with Gasteiger partial charge in [0, 0.05) is 5.92 Å². The Bertz CT molecular complexity index is 492. The zero-order chi connectivity index (χ0) is 12.4. The van der Waals surface area contributed by atoms with Crippen molar-refractivity contribution in [3.05, 3.63) is 24.5 Å². The SMILES string of the molecule is NCC1CCCCC1c1nc(-c2ccoc2)no1. The van der Waals surface area contributed by atoms with Gasteiger partial charge in [-0.05, 0) is 31.4 Å². The first kappa shape index (κ1) is 11.5. The van der Waals surface area contributed by atoms with E-state index in [2.05, 4.69) is 10.1 Å². The second-order valence-corrected chi connectivity index (χ2v) is 4.85. The highest BCUT2D eigenvalue weighted by molar-refractivity contribution is 5.51. The van der Waals surface area contributed by atoms with Crippen molar-refractivity contribution in [3.63, 3.8) is 0 Å². The van der Waals surface area contributed by atoms with Crippen LogP contribution in [-0.2, 0) is 0 Å². The minimum absolute atomic E-state index is 0.317. The Morgan fingerprint density at radius 1 is 1.33 bits per heavy atom. The summed E-state index contributed by atoms with van der Waals surface area (Å²) in [5, 5.41) is 4.02. The molecule has 3 rings (SSSR count). The molecule has 2 N–H and O–H groups in total. The van der Waals surface area contributed by atoms with Gasteiger partial charge < -0.3 is 14.7 Å². The fourth-order valence-corrected chi connectivity index (χ4v) is 2.71. The molecular weight excluding hydrogens is 230 g/mol. The second-order valence-electron chi connectivity index (χ2n) is 4.85.